The van der Waals surface area contributed by atoms with Gasteiger partial charge >= 0.3 is 0 Å². The van der Waals surface area contributed by atoms with Crippen LogP contribution in [-0.2, 0) is 4.79 Å². The molecule has 0 aromatic heterocycles. The Kier molecular flexibility index (Phi) is 5.22. The molecule has 19 heavy (non-hydrogen) atoms. The van der Waals surface area contributed by atoms with Crippen molar-refractivity contribution in [1.82, 2.24) is 15.1 Å². The van der Waals surface area contributed by atoms with Crippen molar-refractivity contribution < 1.29 is 4.79 Å². The molecule has 0 aliphatic carbocycles. The number of carbonyl (C=O) groups is 1. The molecule has 2 aliphatic heterocycles. The Morgan fingerprint density at radius 1 is 1.16 bits per heavy atom. The van der Waals surface area contributed by atoms with Gasteiger partial charge in [0, 0.05) is 45.2 Å². The van der Waals surface area contributed by atoms with Gasteiger partial charge in [-0.1, -0.05) is 6.92 Å². The number of nitrogens with one attached hydrogen (secondary N) is 1. The van der Waals surface area contributed by atoms with Gasteiger partial charge in [0.15, 0.2) is 0 Å². The minimum Gasteiger partial charge on any atom is -0.349 e. The normalized spacial score (nSPS) is 29.8. The molecule has 2 heterocycles. The predicted octanol–water partition coefficient (Wildman–Crippen LogP) is 1.46. The molecule has 0 spiro atoms. The van der Waals surface area contributed by atoms with Crippen molar-refractivity contribution in [3.05, 3.63) is 0 Å². The van der Waals surface area contributed by atoms with Crippen LogP contribution in [0.25, 0.3) is 0 Å². The standard InChI is InChI=1S/C15H29N3O/c1-4-8-18(9-7-15(19)17(2)3)14-10-12-5-6-13(11-14)16-12/h12-14,16H,4-11H2,1-3H3. The van der Waals surface area contributed by atoms with Crippen molar-refractivity contribution in [2.75, 3.05) is 27.2 Å². The fourth-order valence-corrected chi connectivity index (χ4v) is 3.55. The number of amides is 1. The number of carbonyl (C=O) groups excluding carboxylic acids is 1. The highest BCUT2D eigenvalue weighted by Gasteiger charge is 2.35. The van der Waals surface area contributed by atoms with Crippen LogP contribution in [-0.4, -0.2) is 61.0 Å². The monoisotopic (exact) mass is 267 g/mol. The van der Waals surface area contributed by atoms with Gasteiger partial charge in [0.25, 0.3) is 0 Å². The molecule has 110 valence electrons. The molecule has 4 heteroatoms. The number of fused-ring (bicyclic) bond motifs is 2. The van der Waals surface area contributed by atoms with Crippen LogP contribution in [0.1, 0.15) is 45.4 Å². The van der Waals surface area contributed by atoms with E-state index >= 15 is 0 Å². The van der Waals surface area contributed by atoms with Crippen molar-refractivity contribution in [3.8, 4) is 0 Å². The van der Waals surface area contributed by atoms with Gasteiger partial charge in [-0.25, -0.2) is 0 Å². The Balaban J connectivity index is 1.86. The summed E-state index contributed by atoms with van der Waals surface area (Å²) in [7, 11) is 3.69. The molecule has 0 saturated carbocycles. The lowest BCUT2D eigenvalue weighted by Gasteiger charge is -2.37. The highest BCUT2D eigenvalue weighted by molar-refractivity contribution is 5.75. The van der Waals surface area contributed by atoms with E-state index in [9.17, 15) is 4.79 Å². The van der Waals surface area contributed by atoms with E-state index in [2.05, 4.69) is 17.1 Å². The molecular weight excluding hydrogens is 238 g/mol. The summed E-state index contributed by atoms with van der Waals surface area (Å²) in [6.45, 7) is 4.29. The lowest BCUT2D eigenvalue weighted by atomic mass is 9.97. The largest absolute Gasteiger partial charge is 0.349 e. The van der Waals surface area contributed by atoms with E-state index in [4.69, 9.17) is 0 Å². The zero-order chi connectivity index (χ0) is 13.8. The first kappa shape index (κ1) is 14.8. The minimum absolute atomic E-state index is 0.248. The Labute approximate surface area is 117 Å². The van der Waals surface area contributed by atoms with E-state index < -0.39 is 0 Å². The van der Waals surface area contributed by atoms with Gasteiger partial charge in [0.2, 0.25) is 5.91 Å². The predicted molar refractivity (Wildman–Crippen MR) is 78.1 cm³/mol. The zero-order valence-corrected chi connectivity index (χ0v) is 12.7. The van der Waals surface area contributed by atoms with Crippen molar-refractivity contribution >= 4 is 5.91 Å². The fourth-order valence-electron chi connectivity index (χ4n) is 3.55. The third-order valence-corrected chi connectivity index (χ3v) is 4.59. The van der Waals surface area contributed by atoms with Crippen LogP contribution in [0.4, 0.5) is 0 Å². The second-order valence-corrected chi connectivity index (χ2v) is 6.34. The number of hydrogen-bond acceptors (Lipinski definition) is 3. The molecule has 2 aliphatic rings. The quantitative estimate of drug-likeness (QED) is 0.791. The zero-order valence-electron chi connectivity index (χ0n) is 12.7. The number of piperidine rings is 1. The van der Waals surface area contributed by atoms with Gasteiger partial charge < -0.3 is 10.2 Å². The second kappa shape index (κ2) is 6.71. The Bertz CT molecular complexity index is 294. The molecule has 2 fully saturated rings. The van der Waals surface area contributed by atoms with Gasteiger partial charge in [0.1, 0.15) is 0 Å². The van der Waals surface area contributed by atoms with Crippen molar-refractivity contribution in [1.29, 1.82) is 0 Å². The average molecular weight is 267 g/mol. The number of rotatable bonds is 6. The summed E-state index contributed by atoms with van der Waals surface area (Å²) < 4.78 is 0. The Morgan fingerprint density at radius 3 is 2.32 bits per heavy atom. The van der Waals surface area contributed by atoms with Crippen LogP contribution in [0.15, 0.2) is 0 Å². The molecular formula is C15H29N3O. The average Bonchev–Trinajstić information content (AvgIpc) is 2.72. The Morgan fingerprint density at radius 2 is 1.79 bits per heavy atom. The molecule has 0 aromatic rings. The summed E-state index contributed by atoms with van der Waals surface area (Å²) in [5, 5.41) is 3.70. The molecule has 0 radical (unpaired) electrons. The first-order chi connectivity index (χ1) is 9.10. The SMILES string of the molecule is CCCN(CCC(=O)N(C)C)C1CC2CCC(C1)N2. The third-order valence-electron chi connectivity index (χ3n) is 4.59. The van der Waals surface area contributed by atoms with Gasteiger partial charge in [-0.05, 0) is 38.6 Å². The van der Waals surface area contributed by atoms with Crippen molar-refractivity contribution in [2.45, 2.75) is 63.6 Å². The summed E-state index contributed by atoms with van der Waals surface area (Å²) in [5.41, 5.74) is 0. The maximum atomic E-state index is 11.8. The smallest absolute Gasteiger partial charge is 0.223 e. The van der Waals surface area contributed by atoms with Crippen LogP contribution in [0.2, 0.25) is 0 Å². The summed E-state index contributed by atoms with van der Waals surface area (Å²) in [5.74, 6) is 0.248. The second-order valence-electron chi connectivity index (χ2n) is 6.34. The lowest BCUT2D eigenvalue weighted by molar-refractivity contribution is -0.129. The van der Waals surface area contributed by atoms with E-state index in [0.29, 0.717) is 12.5 Å². The molecule has 2 unspecified atom stereocenters. The van der Waals surface area contributed by atoms with E-state index in [1.807, 2.05) is 14.1 Å². The molecule has 1 N–H and O–H groups in total. The third kappa shape index (κ3) is 3.93. The fraction of sp³-hybridized carbons (Fsp3) is 0.933. The van der Waals surface area contributed by atoms with Gasteiger partial charge in [-0.2, -0.15) is 0 Å². The summed E-state index contributed by atoms with van der Waals surface area (Å²) in [6, 6.07) is 2.15. The lowest BCUT2D eigenvalue weighted by Crippen LogP contribution is -2.49. The van der Waals surface area contributed by atoms with Crippen LogP contribution >= 0.6 is 0 Å². The molecule has 2 rings (SSSR count). The van der Waals surface area contributed by atoms with E-state index in [0.717, 1.165) is 25.2 Å². The summed E-state index contributed by atoms with van der Waals surface area (Å²) >= 11 is 0. The Hall–Kier alpha value is -0.610. The van der Waals surface area contributed by atoms with Crippen LogP contribution in [0.3, 0.4) is 0 Å². The van der Waals surface area contributed by atoms with E-state index in [-0.39, 0.29) is 5.91 Å². The summed E-state index contributed by atoms with van der Waals surface area (Å²) in [6.07, 6.45) is 7.07. The van der Waals surface area contributed by atoms with E-state index in [1.54, 1.807) is 4.90 Å². The van der Waals surface area contributed by atoms with Gasteiger partial charge in [-0.3, -0.25) is 9.69 Å². The molecule has 1 amide bonds. The maximum Gasteiger partial charge on any atom is 0.223 e. The molecule has 2 atom stereocenters. The maximum absolute atomic E-state index is 11.8. The van der Waals surface area contributed by atoms with Crippen LogP contribution in [0, 0.1) is 0 Å². The van der Waals surface area contributed by atoms with Gasteiger partial charge in [0.05, 0.1) is 0 Å². The van der Waals surface area contributed by atoms with E-state index in [1.165, 1.54) is 32.1 Å². The number of nitrogens with zero attached hydrogens (tertiary/aromatic N) is 2. The molecule has 4 nitrogen and oxygen atoms in total. The first-order valence-corrected chi connectivity index (χ1v) is 7.80. The van der Waals surface area contributed by atoms with Crippen molar-refractivity contribution in [2.24, 2.45) is 0 Å². The highest BCUT2D eigenvalue weighted by atomic mass is 16.2. The number of hydrogen-bond donors (Lipinski definition) is 1. The molecule has 2 bridgehead atoms. The molecule has 0 aromatic carbocycles. The van der Waals surface area contributed by atoms with Crippen molar-refractivity contribution in [3.63, 3.8) is 0 Å². The topological polar surface area (TPSA) is 35.6 Å². The van der Waals surface area contributed by atoms with Gasteiger partial charge in [-0.15, -0.1) is 0 Å². The van der Waals surface area contributed by atoms with Crippen LogP contribution in [0.5, 0.6) is 0 Å². The highest BCUT2D eigenvalue weighted by Crippen LogP contribution is 2.29. The first-order valence-electron chi connectivity index (χ1n) is 7.80. The molecule has 2 saturated heterocycles. The minimum atomic E-state index is 0.248. The van der Waals surface area contributed by atoms with Crippen LogP contribution < -0.4 is 5.32 Å². The summed E-state index contributed by atoms with van der Waals surface area (Å²) in [4.78, 5) is 16.0.